The Bertz CT molecular complexity index is 1340. The van der Waals surface area contributed by atoms with Gasteiger partial charge in [-0.3, -0.25) is 9.20 Å². The fourth-order valence-electron chi connectivity index (χ4n) is 4.45. The van der Waals surface area contributed by atoms with Crippen LogP contribution in [0.2, 0.25) is 0 Å². The maximum absolute atomic E-state index is 13.1. The molecule has 0 atom stereocenters. The predicted octanol–water partition coefficient (Wildman–Crippen LogP) is 5.02. The lowest BCUT2D eigenvalue weighted by molar-refractivity contribution is 0.0187. The lowest BCUT2D eigenvalue weighted by Crippen LogP contribution is -2.42. The zero-order chi connectivity index (χ0) is 25.3. The Hall–Kier alpha value is -4.14. The normalized spacial score (nSPS) is 14.7. The van der Waals surface area contributed by atoms with Crippen molar-refractivity contribution in [3.05, 3.63) is 72.9 Å². The third kappa shape index (κ3) is 5.10. The van der Waals surface area contributed by atoms with Gasteiger partial charge in [0.25, 0.3) is 5.91 Å². The number of fused-ring (bicyclic) bond motifs is 1. The van der Waals surface area contributed by atoms with Crippen molar-refractivity contribution in [3.63, 3.8) is 0 Å². The summed E-state index contributed by atoms with van der Waals surface area (Å²) < 4.78 is 9.38. The standard InChI is InChI=1S/C27H30N6O3/c1-27(2,3)36-26(35)31-16-11-21(12-17-31)33-15-4-6-23(33)24(34)29-20-9-7-19(8-10-20)22-18-32-14-5-13-28-25(32)30-22/h4-10,13-15,18,21H,11-12,16-17H2,1-3H3,(H,29,34). The molecule has 1 aliphatic rings. The Morgan fingerprint density at radius 2 is 1.78 bits per heavy atom. The molecule has 1 aliphatic heterocycles. The molecular formula is C27H30N6O3. The van der Waals surface area contributed by atoms with Crippen LogP contribution < -0.4 is 5.32 Å². The number of nitrogens with zero attached hydrogens (tertiary/aromatic N) is 5. The van der Waals surface area contributed by atoms with Crippen LogP contribution in [0.3, 0.4) is 0 Å². The minimum absolute atomic E-state index is 0.144. The second-order valence-electron chi connectivity index (χ2n) is 9.98. The van der Waals surface area contributed by atoms with Gasteiger partial charge in [-0.05, 0) is 63.9 Å². The number of anilines is 1. The van der Waals surface area contributed by atoms with Gasteiger partial charge in [-0.1, -0.05) is 12.1 Å². The Balaban J connectivity index is 1.22. The zero-order valence-electron chi connectivity index (χ0n) is 20.7. The SMILES string of the molecule is CC(C)(C)OC(=O)N1CCC(n2cccc2C(=O)Nc2ccc(-c3cn4cccnc4n3)cc2)CC1. The van der Waals surface area contributed by atoms with Crippen molar-refractivity contribution < 1.29 is 14.3 Å². The average Bonchev–Trinajstić information content (AvgIpc) is 3.51. The van der Waals surface area contributed by atoms with Gasteiger partial charge in [0.1, 0.15) is 11.3 Å². The number of ether oxygens (including phenoxy) is 1. The number of nitrogens with one attached hydrogen (secondary N) is 1. The summed E-state index contributed by atoms with van der Waals surface area (Å²) in [6, 6.07) is 13.3. The van der Waals surface area contributed by atoms with Gasteiger partial charge in [0.15, 0.2) is 0 Å². The first-order valence-electron chi connectivity index (χ1n) is 12.1. The maximum Gasteiger partial charge on any atom is 0.410 e. The molecule has 1 fully saturated rings. The van der Waals surface area contributed by atoms with E-state index in [1.54, 1.807) is 11.1 Å². The van der Waals surface area contributed by atoms with E-state index in [0.29, 0.717) is 30.2 Å². The molecule has 9 heteroatoms. The molecule has 1 saturated heterocycles. The second-order valence-corrected chi connectivity index (χ2v) is 9.98. The summed E-state index contributed by atoms with van der Waals surface area (Å²) in [6.07, 6.45) is 8.72. The third-order valence-electron chi connectivity index (χ3n) is 6.20. The van der Waals surface area contributed by atoms with Crippen molar-refractivity contribution in [2.24, 2.45) is 0 Å². The summed E-state index contributed by atoms with van der Waals surface area (Å²) in [4.78, 5) is 36.0. The monoisotopic (exact) mass is 486 g/mol. The Morgan fingerprint density at radius 1 is 1.03 bits per heavy atom. The molecule has 3 aromatic heterocycles. The van der Waals surface area contributed by atoms with Crippen LogP contribution in [0, 0.1) is 0 Å². The molecule has 4 aromatic rings. The van der Waals surface area contributed by atoms with Crippen LogP contribution >= 0.6 is 0 Å². The largest absolute Gasteiger partial charge is 0.444 e. The smallest absolute Gasteiger partial charge is 0.410 e. The number of likely N-dealkylation sites (tertiary alicyclic amines) is 1. The van der Waals surface area contributed by atoms with E-state index in [1.165, 1.54) is 0 Å². The molecule has 0 saturated carbocycles. The van der Waals surface area contributed by atoms with Gasteiger partial charge in [0, 0.05) is 55.2 Å². The van der Waals surface area contributed by atoms with Crippen LogP contribution in [0.4, 0.5) is 10.5 Å². The van der Waals surface area contributed by atoms with Gasteiger partial charge in [-0.25, -0.2) is 14.8 Å². The lowest BCUT2D eigenvalue weighted by Gasteiger charge is -2.34. The number of carbonyl (C=O) groups excluding carboxylic acids is 2. The summed E-state index contributed by atoms with van der Waals surface area (Å²) >= 11 is 0. The van der Waals surface area contributed by atoms with Crippen LogP contribution in [0.5, 0.6) is 0 Å². The fraction of sp³-hybridized carbons (Fsp3) is 0.333. The number of imidazole rings is 1. The highest BCUT2D eigenvalue weighted by Gasteiger charge is 2.28. The number of benzene rings is 1. The number of amides is 2. The molecule has 1 aromatic carbocycles. The molecule has 0 spiro atoms. The van der Waals surface area contributed by atoms with Crippen LogP contribution in [0.15, 0.2) is 67.3 Å². The topological polar surface area (TPSA) is 93.8 Å². The zero-order valence-corrected chi connectivity index (χ0v) is 20.7. The number of hydrogen-bond acceptors (Lipinski definition) is 5. The van der Waals surface area contributed by atoms with Crippen molar-refractivity contribution in [2.45, 2.75) is 45.3 Å². The van der Waals surface area contributed by atoms with E-state index in [-0.39, 0.29) is 18.0 Å². The van der Waals surface area contributed by atoms with Crippen LogP contribution in [-0.4, -0.2) is 54.5 Å². The molecule has 4 heterocycles. The molecule has 36 heavy (non-hydrogen) atoms. The van der Waals surface area contributed by atoms with E-state index in [2.05, 4.69) is 15.3 Å². The van der Waals surface area contributed by atoms with E-state index < -0.39 is 5.60 Å². The van der Waals surface area contributed by atoms with E-state index in [4.69, 9.17) is 4.74 Å². The van der Waals surface area contributed by atoms with Crippen molar-refractivity contribution in [1.82, 2.24) is 23.8 Å². The van der Waals surface area contributed by atoms with Crippen molar-refractivity contribution >= 4 is 23.5 Å². The first-order chi connectivity index (χ1) is 17.3. The van der Waals surface area contributed by atoms with Gasteiger partial charge in [0.2, 0.25) is 5.78 Å². The molecule has 186 valence electrons. The third-order valence-corrected chi connectivity index (χ3v) is 6.20. The average molecular weight is 487 g/mol. The minimum Gasteiger partial charge on any atom is -0.444 e. The highest BCUT2D eigenvalue weighted by Crippen LogP contribution is 2.27. The van der Waals surface area contributed by atoms with Gasteiger partial charge < -0.3 is 19.5 Å². The van der Waals surface area contributed by atoms with Crippen molar-refractivity contribution in [3.8, 4) is 11.3 Å². The Labute approximate surface area is 209 Å². The summed E-state index contributed by atoms with van der Waals surface area (Å²) in [5, 5.41) is 3.00. The number of piperidine rings is 1. The lowest BCUT2D eigenvalue weighted by atomic mass is 10.0. The van der Waals surface area contributed by atoms with Crippen LogP contribution in [0.1, 0.15) is 50.1 Å². The molecule has 9 nitrogen and oxygen atoms in total. The molecule has 5 rings (SSSR count). The van der Waals surface area contributed by atoms with Gasteiger partial charge in [-0.2, -0.15) is 0 Å². The summed E-state index contributed by atoms with van der Waals surface area (Å²) in [5.41, 5.74) is 2.55. The Morgan fingerprint density at radius 3 is 2.47 bits per heavy atom. The number of hydrogen-bond donors (Lipinski definition) is 1. The Kier molecular flexibility index (Phi) is 6.22. The highest BCUT2D eigenvalue weighted by atomic mass is 16.6. The second kappa shape index (κ2) is 9.49. The van der Waals surface area contributed by atoms with Crippen LogP contribution in [0.25, 0.3) is 17.0 Å². The number of aromatic nitrogens is 4. The first-order valence-corrected chi connectivity index (χ1v) is 12.1. The van der Waals surface area contributed by atoms with Crippen LogP contribution in [-0.2, 0) is 4.74 Å². The first kappa shape index (κ1) is 23.6. The van der Waals surface area contributed by atoms with E-state index in [9.17, 15) is 9.59 Å². The minimum atomic E-state index is -0.512. The molecular weight excluding hydrogens is 456 g/mol. The van der Waals surface area contributed by atoms with E-state index in [0.717, 1.165) is 24.1 Å². The van der Waals surface area contributed by atoms with Crippen molar-refractivity contribution in [1.29, 1.82) is 0 Å². The molecule has 0 bridgehead atoms. The quantitative estimate of drug-likeness (QED) is 0.437. The highest BCUT2D eigenvalue weighted by molar-refractivity contribution is 6.03. The summed E-state index contributed by atoms with van der Waals surface area (Å²) in [6.45, 7) is 6.80. The molecule has 1 N–H and O–H groups in total. The summed E-state index contributed by atoms with van der Waals surface area (Å²) in [7, 11) is 0. The van der Waals surface area contributed by atoms with Crippen molar-refractivity contribution in [2.75, 3.05) is 18.4 Å². The predicted molar refractivity (Wildman–Crippen MR) is 137 cm³/mol. The number of rotatable bonds is 4. The van der Waals surface area contributed by atoms with E-state index in [1.807, 2.05) is 90.8 Å². The maximum atomic E-state index is 13.1. The van der Waals surface area contributed by atoms with Gasteiger partial charge in [-0.15, -0.1) is 0 Å². The van der Waals surface area contributed by atoms with Gasteiger partial charge >= 0.3 is 6.09 Å². The fourth-order valence-corrected chi connectivity index (χ4v) is 4.45. The molecule has 2 amide bonds. The molecule has 0 unspecified atom stereocenters. The molecule has 0 radical (unpaired) electrons. The van der Waals surface area contributed by atoms with Gasteiger partial charge in [0.05, 0.1) is 5.69 Å². The molecule has 0 aliphatic carbocycles. The van der Waals surface area contributed by atoms with E-state index >= 15 is 0 Å². The number of carbonyl (C=O) groups is 2. The summed E-state index contributed by atoms with van der Waals surface area (Å²) in [5.74, 6) is 0.474.